The molecule has 0 unspecified atom stereocenters. The third kappa shape index (κ3) is 3.08. The zero-order valence-electron chi connectivity index (χ0n) is 11.5. The smallest absolute Gasteiger partial charge is 0.0649 e. The molecule has 2 atom stereocenters. The Kier molecular flexibility index (Phi) is 4.78. The van der Waals surface area contributed by atoms with Crippen LogP contribution in [0.5, 0.6) is 0 Å². The summed E-state index contributed by atoms with van der Waals surface area (Å²) in [6.45, 7) is 0.826. The van der Waals surface area contributed by atoms with Crippen molar-refractivity contribution in [3.05, 3.63) is 33.8 Å². The molecule has 2 rings (SSSR count). The minimum absolute atomic E-state index is 0.226. The number of hydrogen-bond donors (Lipinski definition) is 1. The van der Waals surface area contributed by atoms with Gasteiger partial charge in [0, 0.05) is 12.0 Å². The van der Waals surface area contributed by atoms with Crippen LogP contribution in [0.2, 0.25) is 10.0 Å². The van der Waals surface area contributed by atoms with E-state index in [2.05, 4.69) is 4.90 Å². The zero-order chi connectivity index (χ0) is 14.0. The van der Waals surface area contributed by atoms with Gasteiger partial charge in [0.05, 0.1) is 16.1 Å². The molecule has 0 aromatic heterocycles. The van der Waals surface area contributed by atoms with Crippen LogP contribution in [0.4, 0.5) is 0 Å². The molecule has 0 amide bonds. The van der Waals surface area contributed by atoms with Crippen LogP contribution in [0, 0.1) is 0 Å². The molecule has 0 spiro atoms. The molecule has 0 bridgehead atoms. The van der Waals surface area contributed by atoms with E-state index in [9.17, 15) is 5.11 Å². The van der Waals surface area contributed by atoms with Gasteiger partial charge in [-0.1, -0.05) is 42.1 Å². The molecule has 0 radical (unpaired) electrons. The predicted molar refractivity (Wildman–Crippen MR) is 81.2 cm³/mol. The Balaban J connectivity index is 2.43. The average Bonchev–Trinajstić information content (AvgIpc) is 2.35. The van der Waals surface area contributed by atoms with Gasteiger partial charge in [0.25, 0.3) is 0 Å². The van der Waals surface area contributed by atoms with Gasteiger partial charge in [-0.3, -0.25) is 0 Å². The maximum Gasteiger partial charge on any atom is 0.0649 e. The Morgan fingerprint density at radius 2 is 2.00 bits per heavy atom. The first-order valence-electron chi connectivity index (χ1n) is 6.74. The monoisotopic (exact) mass is 301 g/mol. The predicted octanol–water partition coefficient (Wildman–Crippen LogP) is 3.73. The summed E-state index contributed by atoms with van der Waals surface area (Å²) in [5.41, 5.74) is 0.874. The number of nitrogens with zero attached hydrogens (tertiary/aromatic N) is 1. The number of aliphatic hydroxyl groups is 1. The average molecular weight is 302 g/mol. The Morgan fingerprint density at radius 1 is 1.26 bits per heavy atom. The first-order valence-corrected chi connectivity index (χ1v) is 7.49. The number of hydrogen-bond acceptors (Lipinski definition) is 2. The molecule has 19 heavy (non-hydrogen) atoms. The highest BCUT2D eigenvalue weighted by Gasteiger charge is 2.41. The summed E-state index contributed by atoms with van der Waals surface area (Å²) in [5, 5.41) is 11.7. The molecule has 1 aliphatic rings. The van der Waals surface area contributed by atoms with E-state index in [1.807, 2.05) is 32.3 Å². The molecule has 4 heteroatoms. The van der Waals surface area contributed by atoms with Gasteiger partial charge in [0.1, 0.15) is 0 Å². The van der Waals surface area contributed by atoms with Crippen LogP contribution in [0.3, 0.4) is 0 Å². The van der Waals surface area contributed by atoms with Crippen molar-refractivity contribution in [2.24, 2.45) is 0 Å². The number of aliphatic hydroxyl groups excluding tert-OH is 1. The van der Waals surface area contributed by atoms with E-state index in [-0.39, 0.29) is 11.5 Å². The third-order valence-corrected chi connectivity index (χ3v) is 4.82. The van der Waals surface area contributed by atoms with Crippen molar-refractivity contribution >= 4 is 23.2 Å². The second-order valence-electron chi connectivity index (χ2n) is 5.78. The second kappa shape index (κ2) is 6.01. The van der Waals surface area contributed by atoms with Gasteiger partial charge < -0.3 is 10.0 Å². The van der Waals surface area contributed by atoms with E-state index in [1.165, 1.54) is 0 Å². The summed E-state index contributed by atoms with van der Waals surface area (Å²) in [6, 6.07) is 5.76. The van der Waals surface area contributed by atoms with E-state index < -0.39 is 0 Å². The Bertz CT molecular complexity index is 450. The molecule has 1 fully saturated rings. The van der Waals surface area contributed by atoms with Crippen molar-refractivity contribution in [3.8, 4) is 0 Å². The van der Waals surface area contributed by atoms with Crippen LogP contribution in [0.25, 0.3) is 0 Å². The molecule has 1 N–H and O–H groups in total. The van der Waals surface area contributed by atoms with Crippen molar-refractivity contribution in [2.45, 2.75) is 37.2 Å². The maximum atomic E-state index is 10.6. The topological polar surface area (TPSA) is 23.5 Å². The van der Waals surface area contributed by atoms with E-state index in [0.717, 1.165) is 37.8 Å². The van der Waals surface area contributed by atoms with Crippen LogP contribution in [0.1, 0.15) is 31.2 Å². The fourth-order valence-corrected chi connectivity index (χ4v) is 3.50. The lowest BCUT2D eigenvalue weighted by Crippen LogP contribution is -2.49. The maximum absolute atomic E-state index is 10.6. The fraction of sp³-hybridized carbons (Fsp3) is 0.600. The largest absolute Gasteiger partial charge is 0.392 e. The van der Waals surface area contributed by atoms with Gasteiger partial charge in [0.2, 0.25) is 0 Å². The van der Waals surface area contributed by atoms with Crippen LogP contribution in [-0.2, 0) is 5.41 Å². The fourth-order valence-electron chi connectivity index (χ4n) is 3.20. The molecule has 1 saturated carbocycles. The van der Waals surface area contributed by atoms with Crippen LogP contribution < -0.4 is 0 Å². The quantitative estimate of drug-likeness (QED) is 0.919. The molecule has 0 aliphatic heterocycles. The third-order valence-electron chi connectivity index (χ3n) is 4.08. The summed E-state index contributed by atoms with van der Waals surface area (Å²) in [7, 11) is 4.08. The van der Waals surface area contributed by atoms with E-state index in [1.54, 1.807) is 0 Å². The van der Waals surface area contributed by atoms with Crippen molar-refractivity contribution in [3.63, 3.8) is 0 Å². The number of benzene rings is 1. The van der Waals surface area contributed by atoms with Gasteiger partial charge >= 0.3 is 0 Å². The number of rotatable bonds is 3. The lowest BCUT2D eigenvalue weighted by atomic mass is 9.67. The molecule has 1 aliphatic carbocycles. The zero-order valence-corrected chi connectivity index (χ0v) is 13.0. The molecule has 0 heterocycles. The summed E-state index contributed by atoms with van der Waals surface area (Å²) in [5.74, 6) is 0. The highest BCUT2D eigenvalue weighted by Crippen LogP contribution is 2.41. The van der Waals surface area contributed by atoms with Crippen molar-refractivity contribution in [2.75, 3.05) is 20.6 Å². The second-order valence-corrected chi connectivity index (χ2v) is 6.60. The highest BCUT2D eigenvalue weighted by molar-refractivity contribution is 6.42. The molecule has 2 nitrogen and oxygen atoms in total. The highest BCUT2D eigenvalue weighted by atomic mass is 35.5. The molecule has 0 saturated heterocycles. The lowest BCUT2D eigenvalue weighted by molar-refractivity contribution is 0.0264. The first-order chi connectivity index (χ1) is 8.95. The van der Waals surface area contributed by atoms with Gasteiger partial charge in [-0.25, -0.2) is 0 Å². The minimum Gasteiger partial charge on any atom is -0.392 e. The molecule has 1 aromatic rings. The van der Waals surface area contributed by atoms with Crippen molar-refractivity contribution < 1.29 is 5.11 Å². The number of halogens is 2. The van der Waals surface area contributed by atoms with Crippen LogP contribution in [-0.4, -0.2) is 36.8 Å². The van der Waals surface area contributed by atoms with E-state index >= 15 is 0 Å². The summed E-state index contributed by atoms with van der Waals surface area (Å²) >= 11 is 12.2. The summed E-state index contributed by atoms with van der Waals surface area (Å²) < 4.78 is 0. The van der Waals surface area contributed by atoms with E-state index in [0.29, 0.717) is 10.0 Å². The molecule has 1 aromatic carbocycles. The van der Waals surface area contributed by atoms with Crippen molar-refractivity contribution in [1.82, 2.24) is 4.90 Å². The standard InChI is InChI=1S/C15H21Cl2NO/c1-18(2)10-15(8-4-3-5-14(15)19)11-6-7-12(16)13(17)9-11/h6-7,9,14,19H,3-5,8,10H2,1-2H3/t14-,15-/m0/s1. The SMILES string of the molecule is CN(C)C[C@]1(c2ccc(Cl)c(Cl)c2)CCCC[C@@H]1O. The summed E-state index contributed by atoms with van der Waals surface area (Å²) in [4.78, 5) is 2.14. The van der Waals surface area contributed by atoms with Crippen LogP contribution in [0.15, 0.2) is 18.2 Å². The van der Waals surface area contributed by atoms with Crippen LogP contribution >= 0.6 is 23.2 Å². The van der Waals surface area contributed by atoms with Gasteiger partial charge in [-0.05, 0) is 44.6 Å². The molecular formula is C15H21Cl2NO. The molecule has 106 valence electrons. The Morgan fingerprint density at radius 3 is 2.58 bits per heavy atom. The minimum atomic E-state index is -0.319. The van der Waals surface area contributed by atoms with E-state index in [4.69, 9.17) is 23.2 Å². The number of likely N-dealkylation sites (N-methyl/N-ethyl adjacent to an activating group) is 1. The Labute approximate surface area is 125 Å². The van der Waals surface area contributed by atoms with Gasteiger partial charge in [-0.15, -0.1) is 0 Å². The van der Waals surface area contributed by atoms with Gasteiger partial charge in [0.15, 0.2) is 0 Å². The lowest BCUT2D eigenvalue weighted by Gasteiger charge is -2.44. The van der Waals surface area contributed by atoms with Crippen molar-refractivity contribution in [1.29, 1.82) is 0 Å². The summed E-state index contributed by atoms with van der Waals surface area (Å²) in [6.07, 6.45) is 3.77. The van der Waals surface area contributed by atoms with Gasteiger partial charge in [-0.2, -0.15) is 0 Å². The normalized spacial score (nSPS) is 27.8. The first kappa shape index (κ1) is 15.1. The molecular weight excluding hydrogens is 281 g/mol. The Hall–Kier alpha value is -0.280.